The molecule has 0 bridgehead atoms. The first-order valence-corrected chi connectivity index (χ1v) is 4.89. The van der Waals surface area contributed by atoms with Crippen molar-refractivity contribution < 1.29 is 4.79 Å². The Labute approximate surface area is 89.8 Å². The average molecular weight is 207 g/mol. The number of hydrogen-bond donors (Lipinski definition) is 1. The third-order valence-electron chi connectivity index (χ3n) is 1.92. The van der Waals surface area contributed by atoms with Crippen LogP contribution in [0.3, 0.4) is 0 Å². The van der Waals surface area contributed by atoms with Gasteiger partial charge in [0.1, 0.15) is 0 Å². The van der Waals surface area contributed by atoms with Crippen LogP contribution < -0.4 is 5.73 Å². The summed E-state index contributed by atoms with van der Waals surface area (Å²) < 4.78 is 1.89. The van der Waals surface area contributed by atoms with E-state index in [0.717, 1.165) is 5.56 Å². The van der Waals surface area contributed by atoms with Crippen molar-refractivity contribution in [2.45, 2.75) is 32.7 Å². The topological polar surface area (TPSA) is 60.9 Å². The highest BCUT2D eigenvalue weighted by molar-refractivity contribution is 5.76. The van der Waals surface area contributed by atoms with Crippen molar-refractivity contribution in [3.05, 3.63) is 24.0 Å². The van der Waals surface area contributed by atoms with Crippen LogP contribution >= 0.6 is 0 Å². The van der Waals surface area contributed by atoms with Crippen LogP contribution in [-0.4, -0.2) is 15.7 Å². The number of aromatic nitrogens is 2. The Hall–Kier alpha value is -1.58. The van der Waals surface area contributed by atoms with Gasteiger partial charge in [0.15, 0.2) is 0 Å². The molecule has 0 aliphatic carbocycles. The van der Waals surface area contributed by atoms with Crippen molar-refractivity contribution in [1.82, 2.24) is 9.78 Å². The summed E-state index contributed by atoms with van der Waals surface area (Å²) in [7, 11) is 0. The maximum absolute atomic E-state index is 10.5. The highest BCUT2D eigenvalue weighted by Gasteiger charge is 2.12. The molecular formula is C11H17N3O. The Morgan fingerprint density at radius 3 is 2.73 bits per heavy atom. The van der Waals surface area contributed by atoms with Crippen LogP contribution in [0.15, 0.2) is 18.5 Å². The molecule has 1 amide bonds. The van der Waals surface area contributed by atoms with E-state index in [0.29, 0.717) is 0 Å². The first-order valence-electron chi connectivity index (χ1n) is 4.89. The normalized spacial score (nSPS) is 12.2. The monoisotopic (exact) mass is 207 g/mol. The van der Waals surface area contributed by atoms with Gasteiger partial charge in [-0.05, 0) is 20.8 Å². The van der Waals surface area contributed by atoms with Gasteiger partial charge in [-0.1, -0.05) is 12.2 Å². The van der Waals surface area contributed by atoms with E-state index in [4.69, 9.17) is 5.73 Å². The highest BCUT2D eigenvalue weighted by atomic mass is 16.1. The molecule has 1 aromatic rings. The second-order valence-electron chi connectivity index (χ2n) is 4.46. The molecule has 0 atom stereocenters. The molecule has 0 aliphatic rings. The zero-order valence-corrected chi connectivity index (χ0v) is 9.40. The lowest BCUT2D eigenvalue weighted by Crippen LogP contribution is -2.21. The minimum Gasteiger partial charge on any atom is -0.369 e. The van der Waals surface area contributed by atoms with Crippen LogP contribution in [0, 0.1) is 0 Å². The zero-order valence-electron chi connectivity index (χ0n) is 9.40. The fraction of sp³-hybridized carbons (Fsp3) is 0.455. The van der Waals surface area contributed by atoms with Gasteiger partial charge in [0.05, 0.1) is 11.7 Å². The summed E-state index contributed by atoms with van der Waals surface area (Å²) >= 11 is 0. The molecule has 1 heterocycles. The molecule has 1 rings (SSSR count). The average Bonchev–Trinajstić information content (AvgIpc) is 2.51. The van der Waals surface area contributed by atoms with Gasteiger partial charge in [-0.2, -0.15) is 5.10 Å². The van der Waals surface area contributed by atoms with Crippen molar-refractivity contribution in [1.29, 1.82) is 0 Å². The molecule has 0 aliphatic heterocycles. The molecule has 0 unspecified atom stereocenters. The van der Waals surface area contributed by atoms with Crippen LogP contribution in [0.1, 0.15) is 32.8 Å². The minimum absolute atomic E-state index is 0.0181. The van der Waals surface area contributed by atoms with E-state index in [1.165, 1.54) is 0 Å². The molecule has 15 heavy (non-hydrogen) atoms. The van der Waals surface area contributed by atoms with Gasteiger partial charge in [0.2, 0.25) is 5.91 Å². The van der Waals surface area contributed by atoms with Crippen molar-refractivity contribution in [3.8, 4) is 0 Å². The van der Waals surface area contributed by atoms with E-state index < -0.39 is 0 Å². The van der Waals surface area contributed by atoms with Gasteiger partial charge in [-0.15, -0.1) is 0 Å². The van der Waals surface area contributed by atoms with E-state index in [1.807, 2.05) is 17.0 Å². The van der Waals surface area contributed by atoms with E-state index in [-0.39, 0.29) is 17.9 Å². The van der Waals surface area contributed by atoms with Crippen LogP contribution in [-0.2, 0) is 10.3 Å². The van der Waals surface area contributed by atoms with Crippen LogP contribution in [0.4, 0.5) is 0 Å². The van der Waals surface area contributed by atoms with Crippen LogP contribution in [0.25, 0.3) is 6.08 Å². The van der Waals surface area contributed by atoms with E-state index in [1.54, 1.807) is 12.3 Å². The molecule has 0 saturated heterocycles. The molecule has 0 radical (unpaired) electrons. The smallest absolute Gasteiger partial charge is 0.221 e. The van der Waals surface area contributed by atoms with E-state index in [9.17, 15) is 4.79 Å². The Morgan fingerprint density at radius 1 is 1.60 bits per heavy atom. The molecule has 2 N–H and O–H groups in total. The Bertz CT molecular complexity index is 371. The second kappa shape index (κ2) is 4.29. The number of carbonyl (C=O) groups excluding carboxylic acids is 1. The molecule has 0 fully saturated rings. The fourth-order valence-corrected chi connectivity index (χ4v) is 1.10. The Balaban J connectivity index is 2.69. The lowest BCUT2D eigenvalue weighted by Gasteiger charge is -2.18. The number of hydrogen-bond acceptors (Lipinski definition) is 2. The summed E-state index contributed by atoms with van der Waals surface area (Å²) in [5, 5.41) is 4.23. The Morgan fingerprint density at radius 2 is 2.27 bits per heavy atom. The van der Waals surface area contributed by atoms with Crippen molar-refractivity contribution in [2.75, 3.05) is 0 Å². The van der Waals surface area contributed by atoms with Gasteiger partial charge in [0, 0.05) is 18.2 Å². The highest BCUT2D eigenvalue weighted by Crippen LogP contribution is 2.13. The maximum Gasteiger partial charge on any atom is 0.221 e. The lowest BCUT2D eigenvalue weighted by molar-refractivity contribution is -0.117. The van der Waals surface area contributed by atoms with Crippen molar-refractivity contribution >= 4 is 12.0 Å². The first-order chi connectivity index (χ1) is 6.89. The molecule has 4 nitrogen and oxygen atoms in total. The van der Waals surface area contributed by atoms with Crippen LogP contribution in [0.2, 0.25) is 0 Å². The summed E-state index contributed by atoms with van der Waals surface area (Å²) in [6.45, 7) is 6.24. The summed E-state index contributed by atoms with van der Waals surface area (Å²) in [5.74, 6) is -0.325. The molecule has 82 valence electrons. The maximum atomic E-state index is 10.5. The van der Waals surface area contributed by atoms with Gasteiger partial charge < -0.3 is 5.73 Å². The number of nitrogens with zero attached hydrogens (tertiary/aromatic N) is 2. The number of carbonyl (C=O) groups is 1. The van der Waals surface area contributed by atoms with Crippen molar-refractivity contribution in [3.63, 3.8) is 0 Å². The molecule has 0 aromatic carbocycles. The van der Waals surface area contributed by atoms with Gasteiger partial charge in [-0.25, -0.2) is 0 Å². The standard InChI is InChI=1S/C11H17N3O/c1-11(2,3)14-8-9(7-13-14)5-4-6-10(12)15/h4-5,7-8H,6H2,1-3H3,(H2,12,15). The second-order valence-corrected chi connectivity index (χ2v) is 4.46. The van der Waals surface area contributed by atoms with E-state index >= 15 is 0 Å². The third kappa shape index (κ3) is 3.58. The molecule has 0 spiro atoms. The third-order valence-corrected chi connectivity index (χ3v) is 1.92. The number of primary amides is 1. The van der Waals surface area contributed by atoms with Gasteiger partial charge >= 0.3 is 0 Å². The van der Waals surface area contributed by atoms with Gasteiger partial charge in [0.25, 0.3) is 0 Å². The SMILES string of the molecule is CC(C)(C)n1cc(C=CCC(N)=O)cn1. The predicted molar refractivity (Wildman–Crippen MR) is 60.1 cm³/mol. The number of nitrogens with two attached hydrogens (primary N) is 1. The summed E-state index contributed by atoms with van der Waals surface area (Å²) in [4.78, 5) is 10.5. The molecule has 0 saturated carbocycles. The summed E-state index contributed by atoms with van der Waals surface area (Å²) in [6, 6.07) is 0. The number of amides is 1. The van der Waals surface area contributed by atoms with Gasteiger partial charge in [-0.3, -0.25) is 9.48 Å². The fourth-order valence-electron chi connectivity index (χ4n) is 1.10. The largest absolute Gasteiger partial charge is 0.369 e. The summed E-state index contributed by atoms with van der Waals surface area (Å²) in [5.41, 5.74) is 5.98. The molecule has 4 heteroatoms. The lowest BCUT2D eigenvalue weighted by atomic mass is 10.1. The summed E-state index contributed by atoms with van der Waals surface area (Å²) in [6.07, 6.45) is 7.56. The zero-order chi connectivity index (χ0) is 11.5. The first kappa shape index (κ1) is 11.5. The number of rotatable bonds is 3. The van der Waals surface area contributed by atoms with Crippen molar-refractivity contribution in [2.24, 2.45) is 5.73 Å². The van der Waals surface area contributed by atoms with Crippen LogP contribution in [0.5, 0.6) is 0 Å². The quantitative estimate of drug-likeness (QED) is 0.817. The Kier molecular flexibility index (Phi) is 3.29. The predicted octanol–water partition coefficient (Wildman–Crippen LogP) is 1.53. The molecule has 1 aromatic heterocycles. The minimum atomic E-state index is -0.325. The molecular weight excluding hydrogens is 190 g/mol. The van der Waals surface area contributed by atoms with E-state index in [2.05, 4.69) is 25.9 Å².